The molecule has 2 heteroatoms. The van der Waals surface area contributed by atoms with Gasteiger partial charge in [-0.3, -0.25) is 9.69 Å². The van der Waals surface area contributed by atoms with E-state index in [9.17, 15) is 4.79 Å². The first-order valence-corrected chi connectivity index (χ1v) is 2.28. The second-order valence-electron chi connectivity index (χ2n) is 1.52. The minimum Gasteiger partial charge on any atom is -0.289 e. The lowest BCUT2D eigenvalue weighted by Crippen LogP contribution is -2.20. The van der Waals surface area contributed by atoms with E-state index in [-0.39, 0.29) is 0 Å². The zero-order valence-electron chi connectivity index (χ0n) is 4.85. The zero-order chi connectivity index (χ0) is 6.41. The summed E-state index contributed by atoms with van der Waals surface area (Å²) in [5, 5.41) is 0. The van der Waals surface area contributed by atoms with Crippen LogP contribution in [0.3, 0.4) is 0 Å². The highest BCUT2D eigenvalue weighted by molar-refractivity contribution is 5.52. The van der Waals surface area contributed by atoms with Crippen molar-refractivity contribution in [3.8, 4) is 12.3 Å². The minimum atomic E-state index is 0.296. The summed E-state index contributed by atoms with van der Waals surface area (Å²) in [4.78, 5) is 11.4. The fourth-order valence-corrected chi connectivity index (χ4v) is 0.322. The van der Waals surface area contributed by atoms with E-state index in [1.54, 1.807) is 18.2 Å². The van der Waals surface area contributed by atoms with E-state index < -0.39 is 0 Å². The number of hydrogen-bond acceptors (Lipinski definition) is 2. The zero-order valence-corrected chi connectivity index (χ0v) is 4.85. The summed E-state index contributed by atoms with van der Waals surface area (Å²) in [7, 11) is 1.77. The highest BCUT2D eigenvalue weighted by atomic mass is 16.1. The van der Waals surface area contributed by atoms with Crippen LogP contribution in [0.2, 0.25) is 0 Å². The topological polar surface area (TPSA) is 20.3 Å². The van der Waals surface area contributed by atoms with Gasteiger partial charge in [-0.2, -0.15) is 0 Å². The summed E-state index contributed by atoms with van der Waals surface area (Å²) in [6, 6.07) is 0. The van der Waals surface area contributed by atoms with Crippen LogP contribution in [0.25, 0.3) is 0 Å². The van der Waals surface area contributed by atoms with Crippen molar-refractivity contribution in [2.75, 3.05) is 20.1 Å². The predicted octanol–water partition coefficient (Wildman–Crippen LogP) is -0.339. The third-order valence-corrected chi connectivity index (χ3v) is 0.696. The summed E-state index contributed by atoms with van der Waals surface area (Å²) in [5.41, 5.74) is 0. The summed E-state index contributed by atoms with van der Waals surface area (Å²) in [6.45, 7) is 0.805. The number of hydrogen-bond donors (Lipinski definition) is 0. The minimum absolute atomic E-state index is 0.296. The standard InChI is InChI=1S/C6H8NO/c1-3-4-7(2)5-6-8/h1H,4-5H2,2H3. The van der Waals surface area contributed by atoms with Crippen molar-refractivity contribution in [3.63, 3.8) is 0 Å². The average molecular weight is 110 g/mol. The Balaban J connectivity index is 3.20. The molecule has 0 N–H and O–H groups in total. The van der Waals surface area contributed by atoms with Gasteiger partial charge in [0, 0.05) is 0 Å². The second-order valence-corrected chi connectivity index (χ2v) is 1.52. The Labute approximate surface area is 49.5 Å². The van der Waals surface area contributed by atoms with E-state index in [1.165, 1.54) is 0 Å². The Morgan fingerprint density at radius 2 is 2.25 bits per heavy atom. The fourth-order valence-electron chi connectivity index (χ4n) is 0.322. The van der Waals surface area contributed by atoms with Gasteiger partial charge in [0.05, 0.1) is 13.1 Å². The molecule has 0 aliphatic carbocycles. The SMILES string of the molecule is C#CCN(C)C[C]=O. The van der Waals surface area contributed by atoms with Crippen molar-refractivity contribution in [1.29, 1.82) is 0 Å². The van der Waals surface area contributed by atoms with Crippen LogP contribution in [0, 0.1) is 12.3 Å². The molecule has 0 atom stereocenters. The summed E-state index contributed by atoms with van der Waals surface area (Å²) >= 11 is 0. The van der Waals surface area contributed by atoms with E-state index in [4.69, 9.17) is 6.42 Å². The van der Waals surface area contributed by atoms with E-state index in [2.05, 4.69) is 5.92 Å². The van der Waals surface area contributed by atoms with Crippen molar-refractivity contribution in [2.45, 2.75) is 0 Å². The summed E-state index contributed by atoms with van der Waals surface area (Å²) < 4.78 is 0. The van der Waals surface area contributed by atoms with Gasteiger partial charge in [0.2, 0.25) is 6.29 Å². The quantitative estimate of drug-likeness (QED) is 0.463. The van der Waals surface area contributed by atoms with Gasteiger partial charge in [0.1, 0.15) is 0 Å². The molecule has 0 saturated carbocycles. The Morgan fingerprint density at radius 3 is 2.62 bits per heavy atom. The Hall–Kier alpha value is -0.810. The smallest absolute Gasteiger partial charge is 0.213 e. The molecule has 0 fully saturated rings. The Bertz CT molecular complexity index is 104. The molecule has 43 valence electrons. The van der Waals surface area contributed by atoms with Crippen LogP contribution in [-0.4, -0.2) is 31.3 Å². The number of nitrogens with zero attached hydrogens (tertiary/aromatic N) is 1. The molecule has 0 spiro atoms. The Morgan fingerprint density at radius 1 is 1.62 bits per heavy atom. The van der Waals surface area contributed by atoms with E-state index in [1.807, 2.05) is 0 Å². The molecule has 8 heavy (non-hydrogen) atoms. The lowest BCUT2D eigenvalue weighted by molar-refractivity contribution is 0.416. The van der Waals surface area contributed by atoms with E-state index in [0.717, 1.165) is 0 Å². The first-order valence-electron chi connectivity index (χ1n) is 2.28. The van der Waals surface area contributed by atoms with Gasteiger partial charge in [-0.25, -0.2) is 0 Å². The molecule has 0 amide bonds. The molecular formula is C6H8NO. The number of terminal acetylenes is 1. The van der Waals surface area contributed by atoms with Crippen LogP contribution in [-0.2, 0) is 4.79 Å². The highest BCUT2D eigenvalue weighted by Crippen LogP contribution is 1.73. The molecule has 2 nitrogen and oxygen atoms in total. The van der Waals surface area contributed by atoms with Crippen LogP contribution < -0.4 is 0 Å². The third-order valence-electron chi connectivity index (χ3n) is 0.696. The molecular weight excluding hydrogens is 102 g/mol. The second kappa shape index (κ2) is 4.35. The molecule has 0 heterocycles. The van der Waals surface area contributed by atoms with Crippen LogP contribution in [0.5, 0.6) is 0 Å². The third kappa shape index (κ3) is 3.38. The van der Waals surface area contributed by atoms with Crippen LogP contribution in [0.15, 0.2) is 0 Å². The first kappa shape index (κ1) is 7.19. The number of carbonyl (C=O) groups excluding carboxylic acids is 1. The number of likely N-dealkylation sites (N-methyl/N-ethyl adjacent to an activating group) is 1. The molecule has 0 aromatic heterocycles. The van der Waals surface area contributed by atoms with Crippen molar-refractivity contribution < 1.29 is 4.79 Å². The predicted molar refractivity (Wildman–Crippen MR) is 32.0 cm³/mol. The fraction of sp³-hybridized carbons (Fsp3) is 0.500. The largest absolute Gasteiger partial charge is 0.289 e. The maximum Gasteiger partial charge on any atom is 0.213 e. The van der Waals surface area contributed by atoms with Gasteiger partial charge in [0.25, 0.3) is 0 Å². The van der Waals surface area contributed by atoms with Gasteiger partial charge in [-0.1, -0.05) is 5.92 Å². The van der Waals surface area contributed by atoms with Gasteiger partial charge >= 0.3 is 0 Å². The van der Waals surface area contributed by atoms with Gasteiger partial charge in [-0.05, 0) is 7.05 Å². The van der Waals surface area contributed by atoms with Gasteiger partial charge in [-0.15, -0.1) is 6.42 Å². The monoisotopic (exact) mass is 110 g/mol. The summed E-state index contributed by atoms with van der Waals surface area (Å²) in [5.74, 6) is 2.40. The average Bonchev–Trinajstić information content (AvgIpc) is 1.68. The molecule has 0 aromatic rings. The number of rotatable bonds is 3. The molecule has 0 bridgehead atoms. The first-order chi connectivity index (χ1) is 3.81. The molecule has 0 unspecified atom stereocenters. The van der Waals surface area contributed by atoms with Crippen molar-refractivity contribution >= 4 is 6.29 Å². The van der Waals surface area contributed by atoms with Crippen LogP contribution in [0.4, 0.5) is 0 Å². The molecule has 0 rings (SSSR count). The molecule has 0 saturated heterocycles. The van der Waals surface area contributed by atoms with Crippen LogP contribution in [0.1, 0.15) is 0 Å². The lowest BCUT2D eigenvalue weighted by atomic mass is 10.5. The highest BCUT2D eigenvalue weighted by Gasteiger charge is 1.90. The molecule has 0 aliphatic rings. The molecule has 0 aromatic carbocycles. The maximum absolute atomic E-state index is 9.65. The normalized spacial score (nSPS) is 8.62. The van der Waals surface area contributed by atoms with Crippen molar-refractivity contribution in [3.05, 3.63) is 0 Å². The van der Waals surface area contributed by atoms with Gasteiger partial charge < -0.3 is 0 Å². The Kier molecular flexibility index (Phi) is 3.91. The maximum atomic E-state index is 9.65. The lowest BCUT2D eigenvalue weighted by Gasteiger charge is -2.05. The summed E-state index contributed by atoms with van der Waals surface area (Å²) in [6.07, 6.45) is 6.67. The van der Waals surface area contributed by atoms with E-state index in [0.29, 0.717) is 13.1 Å². The van der Waals surface area contributed by atoms with Crippen molar-refractivity contribution in [1.82, 2.24) is 4.90 Å². The van der Waals surface area contributed by atoms with Gasteiger partial charge in [0.15, 0.2) is 0 Å². The molecule has 1 radical (unpaired) electrons. The molecule has 0 aliphatic heterocycles. The van der Waals surface area contributed by atoms with Crippen molar-refractivity contribution in [2.24, 2.45) is 0 Å². The van der Waals surface area contributed by atoms with E-state index >= 15 is 0 Å². The van der Waals surface area contributed by atoms with Crippen LogP contribution >= 0.6 is 0 Å².